The summed E-state index contributed by atoms with van der Waals surface area (Å²) in [5.41, 5.74) is 3.07. The predicted molar refractivity (Wildman–Crippen MR) is 177 cm³/mol. The fourth-order valence-electron chi connectivity index (χ4n) is 4.94. The maximum absolute atomic E-state index is 13.7. The standard InChI is InChI=1S/C36H35N3O6S/c1-36(2,3)25-17-19-28(20-18-25)46(42,43)45-39-31-23-32(34(40)30-16-9-8-15-29(30)31)38-33(21-24-11-6-5-7-12-24)35(41)37-26-13-10-14-27(22-26)44-4/h5-20,22-23,33,38H,21H2,1-4H3,(H,37,41). The lowest BCUT2D eigenvalue weighted by atomic mass is 9.87. The van der Waals surface area contributed by atoms with Crippen LogP contribution >= 0.6 is 0 Å². The molecule has 1 aliphatic carbocycles. The number of hydrogen-bond acceptors (Lipinski definition) is 8. The molecule has 5 rings (SSSR count). The van der Waals surface area contributed by atoms with E-state index in [1.165, 1.54) is 25.3 Å². The average molecular weight is 638 g/mol. The number of hydrogen-bond donors (Lipinski definition) is 2. The van der Waals surface area contributed by atoms with Crippen molar-refractivity contribution in [2.45, 2.75) is 43.5 Å². The fraction of sp³-hybridized carbons (Fsp3) is 0.194. The van der Waals surface area contributed by atoms with Gasteiger partial charge < -0.3 is 15.4 Å². The molecule has 1 unspecified atom stereocenters. The first-order valence-corrected chi connectivity index (χ1v) is 16.1. The minimum Gasteiger partial charge on any atom is -0.497 e. The third-order valence-corrected chi connectivity index (χ3v) is 8.60. The van der Waals surface area contributed by atoms with Crippen molar-refractivity contribution in [3.63, 3.8) is 0 Å². The largest absolute Gasteiger partial charge is 0.497 e. The van der Waals surface area contributed by atoms with E-state index in [0.29, 0.717) is 17.0 Å². The zero-order valence-corrected chi connectivity index (χ0v) is 26.8. The number of methoxy groups -OCH3 is 1. The Bertz CT molecular complexity index is 1910. The number of allylic oxidation sites excluding steroid dienone is 2. The quantitative estimate of drug-likeness (QED) is 0.204. The zero-order valence-electron chi connectivity index (χ0n) is 26.0. The van der Waals surface area contributed by atoms with Gasteiger partial charge in [0.15, 0.2) is 0 Å². The van der Waals surface area contributed by atoms with Crippen LogP contribution in [0.25, 0.3) is 0 Å². The molecule has 10 heteroatoms. The van der Waals surface area contributed by atoms with Gasteiger partial charge in [-0.3, -0.25) is 13.9 Å². The number of ether oxygens (including phenoxy) is 1. The Labute approximate surface area is 269 Å². The maximum Gasteiger partial charge on any atom is 0.358 e. The predicted octanol–water partition coefficient (Wildman–Crippen LogP) is 6.02. The minimum absolute atomic E-state index is 0.0514. The van der Waals surface area contributed by atoms with Crippen LogP contribution in [-0.2, 0) is 31.0 Å². The Hall–Kier alpha value is -5.22. The van der Waals surface area contributed by atoms with E-state index in [4.69, 9.17) is 9.02 Å². The first kappa shape index (κ1) is 32.2. The number of benzene rings is 4. The minimum atomic E-state index is -4.27. The molecule has 0 fully saturated rings. The molecule has 0 saturated carbocycles. The molecular weight excluding hydrogens is 602 g/mol. The van der Waals surface area contributed by atoms with Crippen LogP contribution in [0.4, 0.5) is 5.69 Å². The van der Waals surface area contributed by atoms with Gasteiger partial charge in [-0.15, -0.1) is 0 Å². The van der Waals surface area contributed by atoms with Gasteiger partial charge in [-0.1, -0.05) is 98.7 Å². The van der Waals surface area contributed by atoms with Gasteiger partial charge in [-0.2, -0.15) is 8.42 Å². The third-order valence-electron chi connectivity index (χ3n) is 7.48. The third kappa shape index (κ3) is 7.52. The van der Waals surface area contributed by atoms with E-state index in [2.05, 4.69) is 15.8 Å². The maximum atomic E-state index is 13.7. The molecule has 4 aromatic rings. The van der Waals surface area contributed by atoms with E-state index in [1.807, 2.05) is 51.1 Å². The van der Waals surface area contributed by atoms with Gasteiger partial charge in [0.2, 0.25) is 11.7 Å². The Morgan fingerprint density at radius 1 is 0.870 bits per heavy atom. The molecule has 0 saturated heterocycles. The summed E-state index contributed by atoms with van der Waals surface area (Å²) in [5.74, 6) is -0.184. The van der Waals surface area contributed by atoms with E-state index >= 15 is 0 Å². The Balaban J connectivity index is 1.46. The molecule has 46 heavy (non-hydrogen) atoms. The van der Waals surface area contributed by atoms with E-state index in [-0.39, 0.29) is 45.4 Å². The fourth-order valence-corrected chi connectivity index (χ4v) is 5.68. The van der Waals surface area contributed by atoms with E-state index in [9.17, 15) is 18.0 Å². The smallest absolute Gasteiger partial charge is 0.358 e. The number of nitrogens with one attached hydrogen (secondary N) is 2. The Morgan fingerprint density at radius 3 is 2.22 bits per heavy atom. The molecule has 0 aliphatic heterocycles. The van der Waals surface area contributed by atoms with Crippen molar-refractivity contribution in [2.75, 3.05) is 12.4 Å². The van der Waals surface area contributed by atoms with E-state index < -0.39 is 16.2 Å². The lowest BCUT2D eigenvalue weighted by molar-refractivity contribution is -0.117. The van der Waals surface area contributed by atoms with Gasteiger partial charge >= 0.3 is 10.1 Å². The number of Topliss-reactive ketones (excluding diaryl/α,β-unsaturated/α-hetero) is 1. The molecule has 1 aliphatic rings. The van der Waals surface area contributed by atoms with Crippen LogP contribution in [0.15, 0.2) is 125 Å². The van der Waals surface area contributed by atoms with Gasteiger partial charge in [0, 0.05) is 29.3 Å². The summed E-state index contributed by atoms with van der Waals surface area (Å²) in [6.45, 7) is 6.10. The number of amides is 1. The molecule has 0 spiro atoms. The lowest BCUT2D eigenvalue weighted by Gasteiger charge is -2.24. The first-order chi connectivity index (χ1) is 21.9. The summed E-state index contributed by atoms with van der Waals surface area (Å²) in [7, 11) is -2.73. The van der Waals surface area contributed by atoms with Crippen molar-refractivity contribution in [1.29, 1.82) is 0 Å². The normalized spacial score (nSPS) is 14.6. The summed E-state index contributed by atoms with van der Waals surface area (Å²) in [6.07, 6.45) is 1.66. The number of rotatable bonds is 10. The highest BCUT2D eigenvalue weighted by atomic mass is 32.2. The number of carbonyl (C=O) groups is 2. The first-order valence-electron chi connectivity index (χ1n) is 14.7. The highest BCUT2D eigenvalue weighted by Gasteiger charge is 2.29. The number of carbonyl (C=O) groups excluding carboxylic acids is 2. The average Bonchev–Trinajstić information content (AvgIpc) is 3.05. The van der Waals surface area contributed by atoms with Gasteiger partial charge in [-0.25, -0.2) is 0 Å². The molecule has 2 N–H and O–H groups in total. The topological polar surface area (TPSA) is 123 Å². The van der Waals surface area contributed by atoms with Crippen molar-refractivity contribution >= 4 is 33.2 Å². The number of nitrogens with zero attached hydrogens (tertiary/aromatic N) is 1. The number of oxime groups is 1. The van der Waals surface area contributed by atoms with Crippen molar-refractivity contribution in [1.82, 2.24) is 5.32 Å². The zero-order chi connectivity index (χ0) is 32.9. The summed E-state index contributed by atoms with van der Waals surface area (Å²) in [5, 5.41) is 10.00. The molecule has 1 atom stereocenters. The van der Waals surface area contributed by atoms with Gasteiger partial charge in [0.25, 0.3) is 0 Å². The molecule has 1 amide bonds. The molecule has 0 radical (unpaired) electrons. The van der Waals surface area contributed by atoms with Crippen LogP contribution in [0.3, 0.4) is 0 Å². The number of fused-ring (bicyclic) bond motifs is 1. The molecule has 0 heterocycles. The summed E-state index contributed by atoms with van der Waals surface area (Å²) in [6, 6.07) is 28.6. The van der Waals surface area contributed by atoms with Crippen LogP contribution in [0.5, 0.6) is 5.75 Å². The molecule has 4 aromatic carbocycles. The molecule has 0 aromatic heterocycles. The molecule has 9 nitrogen and oxygen atoms in total. The molecule has 236 valence electrons. The van der Waals surface area contributed by atoms with E-state index in [1.54, 1.807) is 60.7 Å². The van der Waals surface area contributed by atoms with Crippen molar-refractivity contribution in [3.8, 4) is 5.75 Å². The summed E-state index contributed by atoms with van der Waals surface area (Å²) >= 11 is 0. The van der Waals surface area contributed by atoms with Gasteiger partial charge in [0.05, 0.1) is 12.8 Å². The monoisotopic (exact) mass is 637 g/mol. The Kier molecular flexibility index (Phi) is 9.39. The van der Waals surface area contributed by atoms with Crippen molar-refractivity contribution in [2.24, 2.45) is 5.16 Å². The second kappa shape index (κ2) is 13.4. The van der Waals surface area contributed by atoms with Gasteiger partial charge in [0.1, 0.15) is 22.4 Å². The van der Waals surface area contributed by atoms with Crippen LogP contribution < -0.4 is 15.4 Å². The summed E-state index contributed by atoms with van der Waals surface area (Å²) in [4.78, 5) is 27.2. The van der Waals surface area contributed by atoms with Crippen molar-refractivity contribution in [3.05, 3.63) is 137 Å². The van der Waals surface area contributed by atoms with Crippen LogP contribution in [0.1, 0.15) is 47.8 Å². The second-order valence-electron chi connectivity index (χ2n) is 11.8. The van der Waals surface area contributed by atoms with Crippen LogP contribution in [0.2, 0.25) is 0 Å². The van der Waals surface area contributed by atoms with Crippen molar-refractivity contribution < 1.29 is 27.0 Å². The van der Waals surface area contributed by atoms with Crippen LogP contribution in [-0.4, -0.2) is 39.0 Å². The Morgan fingerprint density at radius 2 is 1.54 bits per heavy atom. The highest BCUT2D eigenvalue weighted by Crippen LogP contribution is 2.26. The lowest BCUT2D eigenvalue weighted by Crippen LogP contribution is -2.44. The number of anilines is 1. The van der Waals surface area contributed by atoms with Crippen LogP contribution in [0, 0.1) is 0 Å². The molecular formula is C36H35N3O6S. The highest BCUT2D eigenvalue weighted by molar-refractivity contribution is 7.86. The van der Waals surface area contributed by atoms with Gasteiger partial charge in [-0.05, 0) is 46.9 Å². The SMILES string of the molecule is COc1cccc(NC(=O)C(Cc2ccccc2)NC2=CC(=NOS(=O)(=O)c3ccc(C(C)(C)C)cc3)c3ccccc3C2=O)c1. The molecule has 0 bridgehead atoms. The summed E-state index contributed by atoms with van der Waals surface area (Å²) < 4.78 is 36.6. The van der Waals surface area contributed by atoms with E-state index in [0.717, 1.165) is 11.1 Å². The number of ketones is 1. The second-order valence-corrected chi connectivity index (χ2v) is 13.3.